The summed E-state index contributed by atoms with van der Waals surface area (Å²) in [6.45, 7) is 3.19. The predicted octanol–water partition coefficient (Wildman–Crippen LogP) is 1.96. The number of esters is 2. The number of para-hydroxylation sites is 1. The van der Waals surface area contributed by atoms with E-state index in [1.165, 1.54) is 38.6 Å². The van der Waals surface area contributed by atoms with Gasteiger partial charge in [-0.3, -0.25) is 10.1 Å². The van der Waals surface area contributed by atoms with Crippen molar-refractivity contribution in [2.75, 3.05) is 14.2 Å². The number of rotatable bonds is 4. The Morgan fingerprint density at radius 3 is 2.32 bits per heavy atom. The number of nitrogens with zero attached hydrogens (tertiary/aromatic N) is 1. The molecule has 0 aromatic heterocycles. The highest BCUT2D eigenvalue weighted by atomic mass is 16.6. The molecule has 1 aromatic carbocycles. The van der Waals surface area contributed by atoms with Crippen LogP contribution in [0.25, 0.3) is 0 Å². The SMILES string of the molecule is COC(=O)C1=CNC(C)=C(C(=O)OC)C1(C)c1ccccc1[N+](=O)[O-]. The fraction of sp³-hybridized carbons (Fsp3) is 0.294. The van der Waals surface area contributed by atoms with Gasteiger partial charge in [-0.2, -0.15) is 0 Å². The zero-order valence-corrected chi connectivity index (χ0v) is 14.3. The summed E-state index contributed by atoms with van der Waals surface area (Å²) in [5, 5.41) is 14.3. The molecular weight excluding hydrogens is 328 g/mol. The molecule has 1 atom stereocenters. The van der Waals surface area contributed by atoms with Crippen molar-refractivity contribution in [1.82, 2.24) is 5.32 Å². The van der Waals surface area contributed by atoms with Crippen LogP contribution < -0.4 is 5.32 Å². The molecule has 0 saturated heterocycles. The van der Waals surface area contributed by atoms with Gasteiger partial charge in [0.25, 0.3) is 5.69 Å². The average Bonchev–Trinajstić information content (AvgIpc) is 2.60. The number of carbonyl (C=O) groups excluding carboxylic acids is 2. The summed E-state index contributed by atoms with van der Waals surface area (Å²) in [5.41, 5.74) is -0.837. The Bertz CT molecular complexity index is 811. The number of dihydropyridines is 1. The van der Waals surface area contributed by atoms with Crippen molar-refractivity contribution in [3.63, 3.8) is 0 Å². The van der Waals surface area contributed by atoms with Gasteiger partial charge >= 0.3 is 11.9 Å². The molecule has 132 valence electrons. The van der Waals surface area contributed by atoms with E-state index in [-0.39, 0.29) is 22.4 Å². The number of nitrogens with one attached hydrogen (secondary N) is 1. The summed E-state index contributed by atoms with van der Waals surface area (Å²) in [4.78, 5) is 35.7. The van der Waals surface area contributed by atoms with Crippen LogP contribution in [0.1, 0.15) is 19.4 Å². The van der Waals surface area contributed by atoms with Crippen LogP contribution in [0.3, 0.4) is 0 Å². The molecule has 0 amide bonds. The molecule has 25 heavy (non-hydrogen) atoms. The van der Waals surface area contributed by atoms with E-state index in [4.69, 9.17) is 9.47 Å². The van der Waals surface area contributed by atoms with Gasteiger partial charge < -0.3 is 14.8 Å². The molecule has 1 aliphatic heterocycles. The van der Waals surface area contributed by atoms with Gasteiger partial charge in [-0.05, 0) is 13.8 Å². The van der Waals surface area contributed by atoms with Gasteiger partial charge in [0.2, 0.25) is 0 Å². The molecule has 0 saturated carbocycles. The number of methoxy groups -OCH3 is 2. The molecule has 8 heteroatoms. The van der Waals surface area contributed by atoms with E-state index in [2.05, 4.69) is 5.32 Å². The number of allylic oxidation sites excluding steroid dienone is 1. The van der Waals surface area contributed by atoms with Crippen LogP contribution in [-0.4, -0.2) is 31.1 Å². The van der Waals surface area contributed by atoms with Gasteiger partial charge in [0.15, 0.2) is 0 Å². The summed E-state index contributed by atoms with van der Waals surface area (Å²) in [5.74, 6) is -1.40. The maximum Gasteiger partial charge on any atom is 0.336 e. The Kier molecular flexibility index (Phi) is 4.92. The summed E-state index contributed by atoms with van der Waals surface area (Å²) in [6, 6.07) is 5.95. The molecule has 1 unspecified atom stereocenters. The molecule has 2 rings (SSSR count). The topological polar surface area (TPSA) is 108 Å². The molecule has 0 bridgehead atoms. The van der Waals surface area contributed by atoms with Gasteiger partial charge in [-0.1, -0.05) is 18.2 Å². The smallest absolute Gasteiger partial charge is 0.336 e. The van der Waals surface area contributed by atoms with Crippen LogP contribution >= 0.6 is 0 Å². The fourth-order valence-corrected chi connectivity index (χ4v) is 3.07. The van der Waals surface area contributed by atoms with Gasteiger partial charge in [0.05, 0.1) is 35.7 Å². The first kappa shape index (κ1) is 18.2. The second-order valence-electron chi connectivity index (χ2n) is 5.58. The van der Waals surface area contributed by atoms with Crippen molar-refractivity contribution in [2.24, 2.45) is 0 Å². The Hall–Kier alpha value is -3.16. The Labute approximate surface area is 144 Å². The van der Waals surface area contributed by atoms with Gasteiger partial charge in [0, 0.05) is 23.5 Å². The van der Waals surface area contributed by atoms with E-state index < -0.39 is 22.3 Å². The summed E-state index contributed by atoms with van der Waals surface area (Å²) >= 11 is 0. The average molecular weight is 346 g/mol. The highest BCUT2D eigenvalue weighted by Crippen LogP contribution is 2.46. The molecule has 1 aromatic rings. The summed E-state index contributed by atoms with van der Waals surface area (Å²) in [6.07, 6.45) is 1.39. The normalized spacial score (nSPS) is 19.6. The van der Waals surface area contributed by atoms with Crippen molar-refractivity contribution in [2.45, 2.75) is 19.3 Å². The predicted molar refractivity (Wildman–Crippen MR) is 88.4 cm³/mol. The number of benzene rings is 1. The first-order valence-electron chi connectivity index (χ1n) is 7.38. The van der Waals surface area contributed by atoms with E-state index in [1.807, 2.05) is 0 Å². The number of ether oxygens (including phenoxy) is 2. The first-order valence-corrected chi connectivity index (χ1v) is 7.38. The minimum atomic E-state index is -1.42. The Morgan fingerprint density at radius 1 is 1.16 bits per heavy atom. The summed E-state index contributed by atoms with van der Waals surface area (Å²) < 4.78 is 9.67. The summed E-state index contributed by atoms with van der Waals surface area (Å²) in [7, 11) is 2.41. The molecule has 0 aliphatic carbocycles. The molecule has 8 nitrogen and oxygen atoms in total. The van der Waals surface area contributed by atoms with E-state index in [0.717, 1.165) is 0 Å². The largest absolute Gasteiger partial charge is 0.466 e. The minimum Gasteiger partial charge on any atom is -0.466 e. The molecule has 0 spiro atoms. The third kappa shape index (κ3) is 2.86. The first-order chi connectivity index (χ1) is 11.8. The molecule has 1 aliphatic rings. The highest BCUT2D eigenvalue weighted by molar-refractivity contribution is 6.01. The lowest BCUT2D eigenvalue weighted by Gasteiger charge is -2.36. The lowest BCUT2D eigenvalue weighted by atomic mass is 9.68. The monoisotopic (exact) mass is 346 g/mol. The van der Waals surface area contributed by atoms with E-state index in [9.17, 15) is 19.7 Å². The zero-order valence-electron chi connectivity index (χ0n) is 14.3. The maximum atomic E-state index is 12.4. The highest BCUT2D eigenvalue weighted by Gasteiger charge is 2.49. The number of hydrogen-bond acceptors (Lipinski definition) is 7. The quantitative estimate of drug-likeness (QED) is 0.504. The lowest BCUT2D eigenvalue weighted by Crippen LogP contribution is -2.41. The number of hydrogen-bond donors (Lipinski definition) is 1. The minimum absolute atomic E-state index is 0.0651. The Balaban J connectivity index is 2.86. The van der Waals surface area contributed by atoms with Crippen molar-refractivity contribution in [1.29, 1.82) is 0 Å². The molecular formula is C17H18N2O6. The van der Waals surface area contributed by atoms with Crippen molar-refractivity contribution in [3.05, 3.63) is 63.0 Å². The maximum absolute atomic E-state index is 12.4. The van der Waals surface area contributed by atoms with Crippen molar-refractivity contribution < 1.29 is 24.0 Å². The van der Waals surface area contributed by atoms with Gasteiger partial charge in [-0.25, -0.2) is 9.59 Å². The van der Waals surface area contributed by atoms with Crippen molar-refractivity contribution >= 4 is 17.6 Å². The van der Waals surface area contributed by atoms with E-state index >= 15 is 0 Å². The molecule has 1 N–H and O–H groups in total. The number of nitro groups is 1. The third-order valence-corrected chi connectivity index (χ3v) is 4.28. The second-order valence-corrected chi connectivity index (χ2v) is 5.58. The van der Waals surface area contributed by atoms with Gasteiger partial charge in [0.1, 0.15) is 0 Å². The van der Waals surface area contributed by atoms with Crippen LogP contribution in [0.2, 0.25) is 0 Å². The van der Waals surface area contributed by atoms with Gasteiger partial charge in [-0.15, -0.1) is 0 Å². The lowest BCUT2D eigenvalue weighted by molar-refractivity contribution is -0.385. The van der Waals surface area contributed by atoms with Crippen LogP contribution in [0.5, 0.6) is 0 Å². The number of carbonyl (C=O) groups is 2. The Morgan fingerprint density at radius 2 is 1.76 bits per heavy atom. The van der Waals surface area contributed by atoms with Crippen LogP contribution in [0, 0.1) is 10.1 Å². The van der Waals surface area contributed by atoms with Crippen LogP contribution in [0.4, 0.5) is 5.69 Å². The standard InChI is InChI=1S/C17H18N2O6/c1-10-14(16(21)25-4)17(2,12(9-18-10)15(20)24-3)11-7-5-6-8-13(11)19(22)23/h5-9,18H,1-4H3. The van der Waals surface area contributed by atoms with Crippen molar-refractivity contribution in [3.8, 4) is 0 Å². The molecule has 0 fully saturated rings. The third-order valence-electron chi connectivity index (χ3n) is 4.28. The molecule has 0 radical (unpaired) electrons. The second kappa shape index (κ2) is 6.76. The molecule has 1 heterocycles. The van der Waals surface area contributed by atoms with Crippen LogP contribution in [-0.2, 0) is 24.5 Å². The fourth-order valence-electron chi connectivity index (χ4n) is 3.07. The number of nitro benzene ring substituents is 1. The van der Waals surface area contributed by atoms with E-state index in [0.29, 0.717) is 5.70 Å². The van der Waals surface area contributed by atoms with Crippen LogP contribution in [0.15, 0.2) is 47.3 Å². The van der Waals surface area contributed by atoms with E-state index in [1.54, 1.807) is 19.9 Å². The zero-order chi connectivity index (χ0) is 18.8.